The lowest BCUT2D eigenvalue weighted by molar-refractivity contribution is 0.710. The molecule has 1 aliphatic rings. The maximum absolute atomic E-state index is 13.3. The fourth-order valence-corrected chi connectivity index (χ4v) is 4.64. The third-order valence-electron chi connectivity index (χ3n) is 5.20. The lowest BCUT2D eigenvalue weighted by Gasteiger charge is -2.01. The molecule has 1 fully saturated rings. The highest BCUT2D eigenvalue weighted by atomic mass is 32.1. The van der Waals surface area contributed by atoms with Crippen LogP contribution < -0.4 is 5.56 Å². The van der Waals surface area contributed by atoms with E-state index in [9.17, 15) is 4.79 Å². The Bertz CT molecular complexity index is 1160. The van der Waals surface area contributed by atoms with E-state index in [0.717, 1.165) is 34.3 Å². The topological polar surface area (TPSA) is 63.0 Å². The van der Waals surface area contributed by atoms with Gasteiger partial charge in [0, 0.05) is 17.8 Å². The number of fused-ring (bicyclic) bond motifs is 1. The summed E-state index contributed by atoms with van der Waals surface area (Å²) < 4.78 is 2.60. The molecule has 5 nitrogen and oxygen atoms in total. The molecule has 0 radical (unpaired) electrons. The number of benzene rings is 2. The van der Waals surface area contributed by atoms with Crippen LogP contribution >= 0.6 is 11.3 Å². The molecule has 5 rings (SSSR count). The van der Waals surface area contributed by atoms with Crippen LogP contribution in [-0.4, -0.2) is 27.0 Å². The standard InChI is InChI=1S/C22H20N4OS/c27-21-17(14-23-16-10-4-5-11-16)20(15-8-2-1-3-9-15)25-26(21)22-24-18-12-6-7-13-19(18)28-22/h1-3,6-9,12-14,16,25H,4-5,10-11H2. The minimum absolute atomic E-state index is 0.111. The summed E-state index contributed by atoms with van der Waals surface area (Å²) >= 11 is 1.50. The average Bonchev–Trinajstić information content (AvgIpc) is 3.45. The molecule has 0 saturated heterocycles. The zero-order valence-corrected chi connectivity index (χ0v) is 16.2. The van der Waals surface area contributed by atoms with E-state index in [-0.39, 0.29) is 5.56 Å². The predicted molar refractivity (Wildman–Crippen MR) is 115 cm³/mol. The number of nitrogens with one attached hydrogen (secondary N) is 1. The summed E-state index contributed by atoms with van der Waals surface area (Å²) in [6.45, 7) is 0. The molecule has 0 atom stereocenters. The number of aromatic nitrogens is 3. The van der Waals surface area contributed by atoms with E-state index < -0.39 is 0 Å². The first-order chi connectivity index (χ1) is 13.8. The number of hydrogen-bond donors (Lipinski definition) is 1. The van der Waals surface area contributed by atoms with E-state index in [1.807, 2.05) is 54.6 Å². The van der Waals surface area contributed by atoms with Crippen LogP contribution in [0, 0.1) is 0 Å². The van der Waals surface area contributed by atoms with Crippen molar-refractivity contribution in [2.24, 2.45) is 4.99 Å². The highest BCUT2D eigenvalue weighted by molar-refractivity contribution is 7.20. The molecule has 0 spiro atoms. The van der Waals surface area contributed by atoms with Crippen LogP contribution in [0.2, 0.25) is 0 Å². The Morgan fingerprint density at radius 2 is 1.82 bits per heavy atom. The van der Waals surface area contributed by atoms with Gasteiger partial charge in [0.15, 0.2) is 0 Å². The van der Waals surface area contributed by atoms with Gasteiger partial charge in [-0.15, -0.1) is 0 Å². The Balaban J connectivity index is 1.65. The molecule has 1 N–H and O–H groups in total. The van der Waals surface area contributed by atoms with E-state index >= 15 is 0 Å². The van der Waals surface area contributed by atoms with Crippen LogP contribution in [0.15, 0.2) is 64.4 Å². The molecule has 28 heavy (non-hydrogen) atoms. The molecule has 1 aliphatic carbocycles. The van der Waals surface area contributed by atoms with Crippen molar-refractivity contribution < 1.29 is 0 Å². The van der Waals surface area contributed by atoms with Gasteiger partial charge < -0.3 is 0 Å². The van der Waals surface area contributed by atoms with Gasteiger partial charge in [-0.2, -0.15) is 4.68 Å². The molecule has 140 valence electrons. The summed E-state index contributed by atoms with van der Waals surface area (Å²) in [4.78, 5) is 22.6. The maximum atomic E-state index is 13.3. The predicted octanol–water partition coefficient (Wildman–Crippen LogP) is 4.80. The Morgan fingerprint density at radius 3 is 2.61 bits per heavy atom. The second-order valence-electron chi connectivity index (χ2n) is 7.09. The third-order valence-corrected chi connectivity index (χ3v) is 6.22. The van der Waals surface area contributed by atoms with E-state index in [2.05, 4.69) is 10.1 Å². The SMILES string of the molecule is O=c1c(C=NC2CCCC2)c(-c2ccccc2)[nH]n1-c1nc2ccccc2s1. The summed E-state index contributed by atoms with van der Waals surface area (Å²) in [5.41, 5.74) is 3.13. The van der Waals surface area contributed by atoms with E-state index in [0.29, 0.717) is 16.7 Å². The van der Waals surface area contributed by atoms with Crippen LogP contribution in [0.5, 0.6) is 0 Å². The minimum atomic E-state index is -0.111. The van der Waals surface area contributed by atoms with Crippen molar-refractivity contribution in [2.45, 2.75) is 31.7 Å². The average molecular weight is 388 g/mol. The Hall–Kier alpha value is -2.99. The molecule has 0 amide bonds. The van der Waals surface area contributed by atoms with Gasteiger partial charge in [0.25, 0.3) is 5.56 Å². The first-order valence-corrected chi connectivity index (χ1v) is 10.4. The molecule has 0 unspecified atom stereocenters. The van der Waals surface area contributed by atoms with E-state index in [4.69, 9.17) is 4.99 Å². The van der Waals surface area contributed by atoms with Crippen LogP contribution in [0.4, 0.5) is 0 Å². The van der Waals surface area contributed by atoms with Crippen molar-refractivity contribution in [1.82, 2.24) is 14.8 Å². The Labute approximate surface area is 166 Å². The maximum Gasteiger partial charge on any atom is 0.282 e. The highest BCUT2D eigenvalue weighted by Crippen LogP contribution is 2.26. The smallest absolute Gasteiger partial charge is 0.282 e. The van der Waals surface area contributed by atoms with E-state index in [1.54, 1.807) is 10.9 Å². The van der Waals surface area contributed by atoms with Crippen molar-refractivity contribution in [3.05, 3.63) is 70.5 Å². The van der Waals surface area contributed by atoms with Gasteiger partial charge in [-0.3, -0.25) is 14.9 Å². The molecule has 0 aliphatic heterocycles. The van der Waals surface area contributed by atoms with Gasteiger partial charge in [0.2, 0.25) is 5.13 Å². The second-order valence-corrected chi connectivity index (χ2v) is 8.10. The number of aliphatic imine (C=N–C) groups is 1. The van der Waals surface area contributed by atoms with Gasteiger partial charge in [-0.25, -0.2) is 4.98 Å². The van der Waals surface area contributed by atoms with Gasteiger partial charge in [0.05, 0.1) is 21.5 Å². The van der Waals surface area contributed by atoms with Crippen LogP contribution in [0.1, 0.15) is 31.2 Å². The first kappa shape index (κ1) is 17.1. The van der Waals surface area contributed by atoms with Gasteiger partial charge in [-0.1, -0.05) is 66.6 Å². The zero-order valence-electron chi connectivity index (χ0n) is 15.3. The van der Waals surface area contributed by atoms with E-state index in [1.165, 1.54) is 24.2 Å². The van der Waals surface area contributed by atoms with Crippen molar-refractivity contribution in [2.75, 3.05) is 0 Å². The summed E-state index contributed by atoms with van der Waals surface area (Å²) in [6, 6.07) is 18.2. The third kappa shape index (κ3) is 3.10. The van der Waals surface area contributed by atoms with Gasteiger partial charge in [-0.05, 0) is 25.0 Å². The van der Waals surface area contributed by atoms with Crippen LogP contribution in [-0.2, 0) is 0 Å². The number of hydrogen-bond acceptors (Lipinski definition) is 4. The number of H-pyrrole nitrogens is 1. The number of aromatic amines is 1. The summed E-state index contributed by atoms with van der Waals surface area (Å²) in [6.07, 6.45) is 6.41. The first-order valence-electron chi connectivity index (χ1n) is 9.59. The molecule has 1 saturated carbocycles. The number of para-hydroxylation sites is 1. The molecular weight excluding hydrogens is 368 g/mol. The van der Waals surface area contributed by atoms with Gasteiger partial charge >= 0.3 is 0 Å². The minimum Gasteiger partial charge on any atom is -0.289 e. The lowest BCUT2D eigenvalue weighted by Crippen LogP contribution is -2.17. The quantitative estimate of drug-likeness (QED) is 0.510. The molecule has 0 bridgehead atoms. The van der Waals surface area contributed by atoms with Crippen molar-refractivity contribution >= 4 is 27.8 Å². The molecule has 6 heteroatoms. The largest absolute Gasteiger partial charge is 0.289 e. The van der Waals surface area contributed by atoms with Crippen molar-refractivity contribution in [3.8, 4) is 16.4 Å². The van der Waals surface area contributed by atoms with Crippen molar-refractivity contribution in [3.63, 3.8) is 0 Å². The number of rotatable bonds is 4. The fourth-order valence-electron chi connectivity index (χ4n) is 3.72. The summed E-state index contributed by atoms with van der Waals surface area (Å²) in [5, 5.41) is 3.92. The molecular formula is C22H20N4OS. The normalized spacial score (nSPS) is 15.1. The zero-order chi connectivity index (χ0) is 18.9. The monoisotopic (exact) mass is 388 g/mol. The molecule has 2 heterocycles. The Kier molecular flexibility index (Phi) is 4.41. The summed E-state index contributed by atoms with van der Waals surface area (Å²) in [7, 11) is 0. The number of nitrogens with zero attached hydrogens (tertiary/aromatic N) is 3. The summed E-state index contributed by atoms with van der Waals surface area (Å²) in [5.74, 6) is 0. The molecule has 4 aromatic rings. The van der Waals surface area contributed by atoms with Gasteiger partial charge in [0.1, 0.15) is 0 Å². The second kappa shape index (κ2) is 7.20. The highest BCUT2D eigenvalue weighted by Gasteiger charge is 2.19. The fraction of sp³-hybridized carbons (Fsp3) is 0.227. The van der Waals surface area contributed by atoms with Crippen molar-refractivity contribution in [1.29, 1.82) is 0 Å². The number of thiazole rings is 1. The molecule has 2 aromatic carbocycles. The lowest BCUT2D eigenvalue weighted by atomic mass is 10.1. The van der Waals surface area contributed by atoms with Crippen LogP contribution in [0.3, 0.4) is 0 Å². The Morgan fingerprint density at radius 1 is 1.07 bits per heavy atom. The van der Waals surface area contributed by atoms with Crippen LogP contribution in [0.25, 0.3) is 26.6 Å². The molecule has 2 aromatic heterocycles.